The van der Waals surface area contributed by atoms with Crippen molar-refractivity contribution >= 4 is 17.0 Å². The van der Waals surface area contributed by atoms with Crippen LogP contribution in [-0.2, 0) is 0 Å². The molecule has 0 amide bonds. The highest BCUT2D eigenvalue weighted by Gasteiger charge is 2.10. The van der Waals surface area contributed by atoms with Gasteiger partial charge in [-0.15, -0.1) is 0 Å². The highest BCUT2D eigenvalue weighted by atomic mass is 19.3. The van der Waals surface area contributed by atoms with Crippen molar-refractivity contribution in [2.24, 2.45) is 0 Å². The van der Waals surface area contributed by atoms with E-state index in [1.807, 2.05) is 0 Å². The monoisotopic (exact) mass is 277 g/mol. The van der Waals surface area contributed by atoms with Crippen LogP contribution in [0.15, 0.2) is 30.6 Å². The summed E-state index contributed by atoms with van der Waals surface area (Å²) in [6, 6.07) is 6.09. The predicted molar refractivity (Wildman–Crippen MR) is 68.2 cm³/mol. The average Bonchev–Trinajstić information content (AvgIpc) is 2.84. The fourth-order valence-corrected chi connectivity index (χ4v) is 1.78. The van der Waals surface area contributed by atoms with Crippen molar-refractivity contribution < 1.29 is 13.5 Å². The molecule has 0 aliphatic carbocycles. The minimum Gasteiger partial charge on any atom is -0.435 e. The summed E-state index contributed by atoms with van der Waals surface area (Å²) in [5.41, 5.74) is 7.38. The molecule has 1 aromatic carbocycles. The number of nitrogen functional groups attached to an aromatic ring is 1. The molecule has 2 heterocycles. The first kappa shape index (κ1) is 12.3. The van der Waals surface area contributed by atoms with Crippen molar-refractivity contribution in [1.82, 2.24) is 19.9 Å². The molecule has 0 aliphatic heterocycles. The van der Waals surface area contributed by atoms with Gasteiger partial charge in [0.15, 0.2) is 11.5 Å². The SMILES string of the molecule is Nc1ncnc2nc(-c3ccc(OC(F)F)cc3)[nH]c12. The molecule has 0 radical (unpaired) electrons. The second kappa shape index (κ2) is 4.72. The first-order valence-corrected chi connectivity index (χ1v) is 5.65. The molecule has 0 atom stereocenters. The quantitative estimate of drug-likeness (QED) is 0.766. The van der Waals surface area contributed by atoms with E-state index in [9.17, 15) is 8.78 Å². The number of halogens is 2. The molecule has 0 aliphatic rings. The smallest absolute Gasteiger partial charge is 0.387 e. The molecule has 8 heteroatoms. The van der Waals surface area contributed by atoms with Crippen molar-refractivity contribution in [2.45, 2.75) is 6.61 Å². The van der Waals surface area contributed by atoms with Crippen LogP contribution in [0.4, 0.5) is 14.6 Å². The molecule has 0 bridgehead atoms. The molecular weight excluding hydrogens is 268 g/mol. The van der Waals surface area contributed by atoms with Crippen LogP contribution in [-0.4, -0.2) is 26.5 Å². The van der Waals surface area contributed by atoms with E-state index in [1.165, 1.54) is 18.5 Å². The number of nitrogens with two attached hydrogens (primary N) is 1. The first-order chi connectivity index (χ1) is 9.63. The van der Waals surface area contributed by atoms with Gasteiger partial charge in [0.25, 0.3) is 0 Å². The largest absolute Gasteiger partial charge is 0.435 e. The number of nitrogens with one attached hydrogen (secondary N) is 1. The fraction of sp³-hybridized carbons (Fsp3) is 0.0833. The van der Waals surface area contributed by atoms with Crippen LogP contribution in [0.25, 0.3) is 22.6 Å². The van der Waals surface area contributed by atoms with E-state index >= 15 is 0 Å². The third-order valence-electron chi connectivity index (χ3n) is 2.67. The van der Waals surface area contributed by atoms with E-state index in [1.54, 1.807) is 12.1 Å². The van der Waals surface area contributed by atoms with Gasteiger partial charge in [-0.1, -0.05) is 0 Å². The Kier molecular flexibility index (Phi) is 2.90. The number of H-pyrrole nitrogens is 1. The Morgan fingerprint density at radius 3 is 2.55 bits per heavy atom. The Morgan fingerprint density at radius 1 is 1.15 bits per heavy atom. The van der Waals surface area contributed by atoms with Gasteiger partial charge in [0.2, 0.25) is 0 Å². The van der Waals surface area contributed by atoms with E-state index in [0.717, 1.165) is 0 Å². The lowest BCUT2D eigenvalue weighted by molar-refractivity contribution is -0.0498. The van der Waals surface area contributed by atoms with Gasteiger partial charge in [0.1, 0.15) is 23.4 Å². The van der Waals surface area contributed by atoms with Crippen LogP contribution in [0, 0.1) is 0 Å². The topological polar surface area (TPSA) is 89.7 Å². The lowest BCUT2D eigenvalue weighted by atomic mass is 10.2. The zero-order valence-electron chi connectivity index (χ0n) is 10.0. The number of hydrogen-bond acceptors (Lipinski definition) is 5. The van der Waals surface area contributed by atoms with Crippen molar-refractivity contribution in [1.29, 1.82) is 0 Å². The molecule has 3 N–H and O–H groups in total. The molecule has 3 aromatic rings. The maximum absolute atomic E-state index is 12.1. The Bertz CT molecular complexity index is 741. The van der Waals surface area contributed by atoms with Gasteiger partial charge in [-0.2, -0.15) is 8.78 Å². The molecule has 0 saturated carbocycles. The van der Waals surface area contributed by atoms with Gasteiger partial charge in [0, 0.05) is 5.56 Å². The number of rotatable bonds is 3. The van der Waals surface area contributed by atoms with E-state index in [4.69, 9.17) is 5.73 Å². The summed E-state index contributed by atoms with van der Waals surface area (Å²) < 4.78 is 28.4. The predicted octanol–water partition coefficient (Wildman–Crippen LogP) is 2.20. The summed E-state index contributed by atoms with van der Waals surface area (Å²) in [6.45, 7) is -2.85. The van der Waals surface area contributed by atoms with Gasteiger partial charge in [-0.3, -0.25) is 0 Å². The third-order valence-corrected chi connectivity index (χ3v) is 2.67. The maximum Gasteiger partial charge on any atom is 0.387 e. The summed E-state index contributed by atoms with van der Waals surface area (Å²) >= 11 is 0. The first-order valence-electron chi connectivity index (χ1n) is 5.65. The number of hydrogen-bond donors (Lipinski definition) is 2. The normalized spacial score (nSPS) is 11.2. The number of anilines is 1. The minimum absolute atomic E-state index is 0.0826. The van der Waals surface area contributed by atoms with Gasteiger partial charge in [-0.25, -0.2) is 15.0 Å². The highest BCUT2D eigenvalue weighted by Crippen LogP contribution is 2.24. The van der Waals surface area contributed by atoms with E-state index in [0.29, 0.717) is 28.4 Å². The molecule has 102 valence electrons. The lowest BCUT2D eigenvalue weighted by Crippen LogP contribution is -2.01. The van der Waals surface area contributed by atoms with Crippen molar-refractivity contribution in [3.8, 4) is 17.1 Å². The number of nitrogens with zero attached hydrogens (tertiary/aromatic N) is 3. The Labute approximate surface area is 111 Å². The van der Waals surface area contributed by atoms with Crippen LogP contribution in [0.5, 0.6) is 5.75 Å². The van der Waals surface area contributed by atoms with Crippen LogP contribution in [0.3, 0.4) is 0 Å². The van der Waals surface area contributed by atoms with Crippen molar-refractivity contribution in [3.05, 3.63) is 30.6 Å². The molecule has 0 unspecified atom stereocenters. The number of alkyl halides is 2. The van der Waals surface area contributed by atoms with Crippen LogP contribution in [0.1, 0.15) is 0 Å². The fourth-order valence-electron chi connectivity index (χ4n) is 1.78. The second-order valence-corrected chi connectivity index (χ2v) is 3.95. The molecular formula is C12H9F2N5O. The number of benzene rings is 1. The second-order valence-electron chi connectivity index (χ2n) is 3.95. The molecule has 2 aromatic heterocycles. The minimum atomic E-state index is -2.85. The van der Waals surface area contributed by atoms with Gasteiger partial charge in [0.05, 0.1) is 0 Å². The van der Waals surface area contributed by atoms with Crippen LogP contribution in [0.2, 0.25) is 0 Å². The number of ether oxygens (including phenoxy) is 1. The number of imidazole rings is 1. The summed E-state index contributed by atoms with van der Waals surface area (Å²) in [7, 11) is 0. The van der Waals surface area contributed by atoms with Gasteiger partial charge in [-0.05, 0) is 24.3 Å². The van der Waals surface area contributed by atoms with E-state index in [2.05, 4.69) is 24.7 Å². The zero-order valence-corrected chi connectivity index (χ0v) is 10.0. The van der Waals surface area contributed by atoms with Gasteiger partial charge >= 0.3 is 6.61 Å². The molecule has 0 saturated heterocycles. The summed E-state index contributed by atoms with van der Waals surface area (Å²) in [4.78, 5) is 15.1. The molecule has 0 spiro atoms. The summed E-state index contributed by atoms with van der Waals surface area (Å²) in [5, 5.41) is 0. The summed E-state index contributed by atoms with van der Waals surface area (Å²) in [6.07, 6.45) is 1.32. The maximum atomic E-state index is 12.1. The third kappa shape index (κ3) is 2.22. The standard InChI is InChI=1S/C12H9F2N5O/c13-12(14)20-7-3-1-6(2-4-7)10-18-8-9(15)16-5-17-11(8)19-10/h1-5,12H,(H3,15,16,17,18,19). The molecule has 0 fully saturated rings. The van der Waals surface area contributed by atoms with Crippen LogP contribution >= 0.6 is 0 Å². The van der Waals surface area contributed by atoms with E-state index < -0.39 is 6.61 Å². The molecule has 20 heavy (non-hydrogen) atoms. The van der Waals surface area contributed by atoms with Crippen LogP contribution < -0.4 is 10.5 Å². The number of aromatic amines is 1. The Morgan fingerprint density at radius 2 is 1.90 bits per heavy atom. The molecule has 6 nitrogen and oxygen atoms in total. The molecule has 3 rings (SSSR count). The number of fused-ring (bicyclic) bond motifs is 1. The van der Waals surface area contributed by atoms with Crippen molar-refractivity contribution in [2.75, 3.05) is 5.73 Å². The highest BCUT2D eigenvalue weighted by molar-refractivity contribution is 5.84. The zero-order chi connectivity index (χ0) is 14.1. The number of aromatic nitrogens is 4. The van der Waals surface area contributed by atoms with Gasteiger partial charge < -0.3 is 15.5 Å². The van der Waals surface area contributed by atoms with Crippen molar-refractivity contribution in [3.63, 3.8) is 0 Å². The Balaban J connectivity index is 1.96. The van der Waals surface area contributed by atoms with E-state index in [-0.39, 0.29) is 5.75 Å². The summed E-state index contributed by atoms with van der Waals surface area (Å²) in [5.74, 6) is 0.904. The average molecular weight is 277 g/mol. The lowest BCUT2D eigenvalue weighted by Gasteiger charge is -2.04. The Hall–Kier alpha value is -2.77.